The minimum atomic E-state index is -0.370. The van der Waals surface area contributed by atoms with E-state index in [1.807, 2.05) is 12.3 Å². The summed E-state index contributed by atoms with van der Waals surface area (Å²) in [6.45, 7) is 0. The molecule has 1 aliphatic rings. The molecule has 2 heteroatoms. The van der Waals surface area contributed by atoms with Crippen LogP contribution in [0.4, 0.5) is 0 Å². The number of pyridine rings is 1. The normalized spacial score (nSPS) is 12.6. The van der Waals surface area contributed by atoms with Crippen molar-refractivity contribution in [1.82, 2.24) is 4.98 Å². The van der Waals surface area contributed by atoms with E-state index in [9.17, 15) is 0 Å². The van der Waals surface area contributed by atoms with E-state index in [0.717, 1.165) is 5.52 Å². The van der Waals surface area contributed by atoms with Crippen molar-refractivity contribution in [3.05, 3.63) is 140 Å². The molecule has 0 bridgehead atoms. The first kappa shape index (κ1) is 22.2. The Bertz CT molecular complexity index is 2070. The molecule has 8 aromatic rings. The third-order valence-corrected chi connectivity index (χ3v) is 10.2. The molecule has 182 valence electrons. The van der Waals surface area contributed by atoms with Gasteiger partial charge in [-0.15, -0.1) is 0 Å². The SMILES string of the molecule is c1ccc2c3c(ccc2c1)-c1c(ccc2ccccc12)[SiH2]3.c1ccc2cc3cc4ncccc4cc3cc2c1. The second-order valence-corrected chi connectivity index (χ2v) is 12.2. The molecule has 39 heavy (non-hydrogen) atoms. The number of benzene rings is 7. The van der Waals surface area contributed by atoms with Crippen molar-refractivity contribution in [2.24, 2.45) is 0 Å². The first-order valence-electron chi connectivity index (χ1n) is 13.5. The van der Waals surface area contributed by atoms with Gasteiger partial charge in [0, 0.05) is 11.6 Å². The van der Waals surface area contributed by atoms with Gasteiger partial charge in [0.1, 0.15) is 0 Å². The van der Waals surface area contributed by atoms with Crippen LogP contribution in [0.5, 0.6) is 0 Å². The molecule has 2 heterocycles. The van der Waals surface area contributed by atoms with Gasteiger partial charge in [-0.25, -0.2) is 0 Å². The summed E-state index contributed by atoms with van der Waals surface area (Å²) in [6, 6.07) is 48.3. The molecular formula is C37H25NSi. The number of aromatic nitrogens is 1. The van der Waals surface area contributed by atoms with Crippen molar-refractivity contribution in [2.75, 3.05) is 0 Å². The van der Waals surface area contributed by atoms with Gasteiger partial charge in [-0.2, -0.15) is 0 Å². The first-order chi connectivity index (χ1) is 19.3. The van der Waals surface area contributed by atoms with Crippen LogP contribution in [-0.2, 0) is 0 Å². The van der Waals surface area contributed by atoms with Gasteiger partial charge in [0.2, 0.25) is 0 Å². The van der Waals surface area contributed by atoms with Crippen LogP contribution in [0.3, 0.4) is 0 Å². The smallest absolute Gasteiger partial charge is 0.0899 e. The largest absolute Gasteiger partial charge is 0.256 e. The zero-order valence-electron chi connectivity index (χ0n) is 21.4. The quantitative estimate of drug-likeness (QED) is 0.151. The molecule has 0 spiro atoms. The highest BCUT2D eigenvalue weighted by molar-refractivity contribution is 6.76. The number of fused-ring (bicyclic) bond motifs is 10. The van der Waals surface area contributed by atoms with Crippen LogP contribution in [0.25, 0.3) is 65.1 Å². The summed E-state index contributed by atoms with van der Waals surface area (Å²) in [5, 5.41) is 15.1. The Balaban J connectivity index is 0.000000122. The summed E-state index contributed by atoms with van der Waals surface area (Å²) in [4.78, 5) is 4.41. The van der Waals surface area contributed by atoms with Crippen LogP contribution in [-0.4, -0.2) is 14.5 Å². The molecule has 0 atom stereocenters. The Labute approximate surface area is 229 Å². The van der Waals surface area contributed by atoms with Crippen LogP contribution in [0.2, 0.25) is 0 Å². The van der Waals surface area contributed by atoms with Crippen molar-refractivity contribution in [3.63, 3.8) is 0 Å². The summed E-state index contributed by atoms with van der Waals surface area (Å²) >= 11 is 0. The summed E-state index contributed by atoms with van der Waals surface area (Å²) < 4.78 is 0. The molecule has 0 radical (unpaired) electrons. The van der Waals surface area contributed by atoms with Crippen LogP contribution in [0.1, 0.15) is 0 Å². The van der Waals surface area contributed by atoms with Gasteiger partial charge in [0.15, 0.2) is 0 Å². The number of rotatable bonds is 0. The second kappa shape index (κ2) is 8.90. The van der Waals surface area contributed by atoms with Crippen molar-refractivity contribution in [3.8, 4) is 11.1 Å². The molecule has 0 fully saturated rings. The van der Waals surface area contributed by atoms with Crippen LogP contribution in [0, 0.1) is 0 Å². The average Bonchev–Trinajstić information content (AvgIpc) is 3.39. The first-order valence-corrected chi connectivity index (χ1v) is 14.9. The zero-order chi connectivity index (χ0) is 25.8. The lowest BCUT2D eigenvalue weighted by molar-refractivity contribution is 1.42. The number of hydrogen-bond acceptors (Lipinski definition) is 1. The molecule has 0 amide bonds. The van der Waals surface area contributed by atoms with E-state index in [4.69, 9.17) is 0 Å². The molecule has 0 unspecified atom stereocenters. The highest BCUT2D eigenvalue weighted by Gasteiger charge is 2.22. The summed E-state index contributed by atoms with van der Waals surface area (Å²) in [7, 11) is -0.370. The van der Waals surface area contributed by atoms with Gasteiger partial charge in [-0.3, -0.25) is 4.98 Å². The Hall–Kier alpha value is -4.79. The maximum Gasteiger partial charge on any atom is 0.0899 e. The minimum Gasteiger partial charge on any atom is -0.256 e. The fraction of sp³-hybridized carbons (Fsp3) is 0. The van der Waals surface area contributed by atoms with Crippen molar-refractivity contribution in [1.29, 1.82) is 0 Å². The Kier molecular flexibility index (Phi) is 5.07. The Morgan fingerprint density at radius 3 is 1.82 bits per heavy atom. The lowest BCUT2D eigenvalue weighted by Gasteiger charge is -2.08. The summed E-state index contributed by atoms with van der Waals surface area (Å²) in [5.41, 5.74) is 4.04. The molecule has 9 rings (SSSR count). The fourth-order valence-corrected chi connectivity index (χ4v) is 8.42. The highest BCUT2D eigenvalue weighted by atomic mass is 28.2. The third-order valence-electron chi connectivity index (χ3n) is 8.12. The molecule has 7 aromatic carbocycles. The minimum absolute atomic E-state index is 0.370. The predicted molar refractivity (Wildman–Crippen MR) is 171 cm³/mol. The van der Waals surface area contributed by atoms with Crippen LogP contribution < -0.4 is 10.4 Å². The maximum atomic E-state index is 4.41. The number of nitrogens with zero attached hydrogens (tertiary/aromatic N) is 1. The van der Waals surface area contributed by atoms with Gasteiger partial charge >= 0.3 is 0 Å². The predicted octanol–water partition coefficient (Wildman–Crippen LogP) is 7.63. The molecule has 1 aliphatic heterocycles. The van der Waals surface area contributed by atoms with Crippen LogP contribution in [0.15, 0.2) is 140 Å². The van der Waals surface area contributed by atoms with E-state index >= 15 is 0 Å². The van der Waals surface area contributed by atoms with Crippen LogP contribution >= 0.6 is 0 Å². The van der Waals surface area contributed by atoms with Gasteiger partial charge < -0.3 is 0 Å². The van der Waals surface area contributed by atoms with Crippen molar-refractivity contribution < 1.29 is 0 Å². The van der Waals surface area contributed by atoms with Gasteiger partial charge in [-0.05, 0) is 89.7 Å². The Morgan fingerprint density at radius 1 is 0.436 bits per heavy atom. The van der Waals surface area contributed by atoms with E-state index in [1.165, 1.54) is 59.6 Å². The third kappa shape index (κ3) is 3.72. The van der Waals surface area contributed by atoms with Crippen molar-refractivity contribution >= 4 is 73.9 Å². The van der Waals surface area contributed by atoms with E-state index in [2.05, 4.69) is 132 Å². The van der Waals surface area contributed by atoms with Gasteiger partial charge in [-0.1, -0.05) is 108 Å². The standard InChI is InChI=1S/C20H14Si.C17H11N/c1-3-7-15-13(5-1)10-12-18-19(15)17-11-9-14-6-2-4-8-16(14)20(17)21-18;1-2-5-13-9-16-11-17-14(6-3-7-18-17)10-15(16)8-12(13)4-1/h1-12H,21H2;1-11H. The second-order valence-electron chi connectivity index (χ2n) is 10.4. The molecule has 0 aliphatic carbocycles. The van der Waals surface area contributed by atoms with E-state index in [-0.39, 0.29) is 9.52 Å². The monoisotopic (exact) mass is 511 g/mol. The maximum absolute atomic E-state index is 4.41. The van der Waals surface area contributed by atoms with E-state index in [0.29, 0.717) is 0 Å². The summed E-state index contributed by atoms with van der Waals surface area (Å²) in [5.74, 6) is 0. The molecule has 0 saturated heterocycles. The number of hydrogen-bond donors (Lipinski definition) is 0. The highest BCUT2D eigenvalue weighted by Crippen LogP contribution is 2.31. The summed E-state index contributed by atoms with van der Waals surface area (Å²) in [6.07, 6.45) is 1.84. The lowest BCUT2D eigenvalue weighted by atomic mass is 9.96. The lowest BCUT2D eigenvalue weighted by Crippen LogP contribution is -2.21. The molecular weight excluding hydrogens is 487 g/mol. The van der Waals surface area contributed by atoms with Gasteiger partial charge in [0.25, 0.3) is 0 Å². The van der Waals surface area contributed by atoms with E-state index < -0.39 is 0 Å². The topological polar surface area (TPSA) is 12.9 Å². The molecule has 0 saturated carbocycles. The average molecular weight is 512 g/mol. The van der Waals surface area contributed by atoms with Crippen molar-refractivity contribution in [2.45, 2.75) is 0 Å². The fourth-order valence-electron chi connectivity index (χ4n) is 6.25. The van der Waals surface area contributed by atoms with Gasteiger partial charge in [0.05, 0.1) is 15.0 Å². The molecule has 1 nitrogen and oxygen atoms in total. The van der Waals surface area contributed by atoms with E-state index in [1.54, 1.807) is 10.4 Å². The molecule has 0 N–H and O–H groups in total. The molecule has 1 aromatic heterocycles. The Morgan fingerprint density at radius 2 is 1.03 bits per heavy atom. The zero-order valence-corrected chi connectivity index (χ0v) is 22.8.